The molecule has 86 valence electrons. The van der Waals surface area contributed by atoms with Crippen molar-refractivity contribution in [2.45, 2.75) is 25.8 Å². The molecule has 0 saturated carbocycles. The molecule has 0 radical (unpaired) electrons. The average Bonchev–Trinajstić information content (AvgIpc) is 2.64. The quantitative estimate of drug-likeness (QED) is 0.765. The molecule has 0 aliphatic carbocycles. The first-order valence-electron chi connectivity index (χ1n) is 5.46. The highest BCUT2D eigenvalue weighted by Crippen LogP contribution is 2.27. The van der Waals surface area contributed by atoms with Gasteiger partial charge in [-0.1, -0.05) is 17.7 Å². The third-order valence-corrected chi connectivity index (χ3v) is 3.39. The number of likely N-dealkylation sites (tertiary alicyclic amines) is 1. The van der Waals surface area contributed by atoms with Crippen LogP contribution in [0.15, 0.2) is 18.2 Å². The molecule has 4 heteroatoms. The third kappa shape index (κ3) is 1.87. The summed E-state index contributed by atoms with van der Waals surface area (Å²) in [6.45, 7) is 2.85. The summed E-state index contributed by atoms with van der Waals surface area (Å²) in [6, 6.07) is 5.44. The van der Waals surface area contributed by atoms with Crippen LogP contribution in [0.1, 0.15) is 30.1 Å². The first kappa shape index (κ1) is 11.3. The number of nitrogen functional groups attached to an aromatic ring is 1. The van der Waals surface area contributed by atoms with Crippen molar-refractivity contribution in [1.82, 2.24) is 4.90 Å². The Labute approximate surface area is 100 Å². The van der Waals surface area contributed by atoms with Crippen molar-refractivity contribution in [2.24, 2.45) is 0 Å². The zero-order chi connectivity index (χ0) is 11.7. The molecule has 1 aromatic rings. The Hall–Kier alpha value is -1.22. The molecule has 0 aromatic heterocycles. The van der Waals surface area contributed by atoms with Gasteiger partial charge in [0.2, 0.25) is 0 Å². The smallest absolute Gasteiger partial charge is 0.257 e. The second kappa shape index (κ2) is 4.34. The van der Waals surface area contributed by atoms with Crippen LogP contribution in [0.2, 0.25) is 5.02 Å². The van der Waals surface area contributed by atoms with Crippen molar-refractivity contribution in [2.75, 3.05) is 12.3 Å². The fourth-order valence-corrected chi connectivity index (χ4v) is 2.41. The van der Waals surface area contributed by atoms with Crippen LogP contribution in [-0.4, -0.2) is 23.4 Å². The third-order valence-electron chi connectivity index (χ3n) is 3.07. The van der Waals surface area contributed by atoms with E-state index in [9.17, 15) is 4.79 Å². The number of anilines is 1. The number of nitrogens with two attached hydrogens (primary N) is 1. The summed E-state index contributed by atoms with van der Waals surface area (Å²) in [5, 5.41) is 0.434. The molecule has 1 heterocycles. The van der Waals surface area contributed by atoms with Crippen molar-refractivity contribution in [1.29, 1.82) is 0 Å². The summed E-state index contributed by atoms with van der Waals surface area (Å²) in [7, 11) is 0. The minimum absolute atomic E-state index is 0.0481. The fourth-order valence-electron chi connectivity index (χ4n) is 2.15. The Bertz CT molecular complexity index is 399. The molecular weight excluding hydrogens is 224 g/mol. The van der Waals surface area contributed by atoms with E-state index in [1.807, 2.05) is 4.90 Å². The van der Waals surface area contributed by atoms with Crippen LogP contribution in [0, 0.1) is 0 Å². The van der Waals surface area contributed by atoms with Crippen molar-refractivity contribution in [3.63, 3.8) is 0 Å². The largest absolute Gasteiger partial charge is 0.398 e. The molecule has 1 aromatic carbocycles. The van der Waals surface area contributed by atoms with Crippen molar-refractivity contribution in [3.05, 3.63) is 28.8 Å². The maximum absolute atomic E-state index is 12.3. The predicted octanol–water partition coefficient (Wildman–Crippen LogP) is 2.55. The van der Waals surface area contributed by atoms with Crippen LogP contribution in [0.25, 0.3) is 0 Å². The van der Waals surface area contributed by atoms with E-state index in [2.05, 4.69) is 6.92 Å². The van der Waals surface area contributed by atoms with E-state index in [0.717, 1.165) is 19.4 Å². The van der Waals surface area contributed by atoms with Gasteiger partial charge >= 0.3 is 0 Å². The van der Waals surface area contributed by atoms with Gasteiger partial charge in [0.25, 0.3) is 5.91 Å². The molecule has 1 aliphatic heterocycles. The van der Waals surface area contributed by atoms with Gasteiger partial charge in [0.15, 0.2) is 0 Å². The summed E-state index contributed by atoms with van der Waals surface area (Å²) in [4.78, 5) is 14.1. The van der Waals surface area contributed by atoms with Crippen LogP contribution in [-0.2, 0) is 0 Å². The lowest BCUT2D eigenvalue weighted by atomic mass is 10.1. The van der Waals surface area contributed by atoms with Crippen molar-refractivity contribution < 1.29 is 4.79 Å². The molecule has 1 saturated heterocycles. The molecule has 0 bridgehead atoms. The highest BCUT2D eigenvalue weighted by Gasteiger charge is 2.28. The number of hydrogen-bond acceptors (Lipinski definition) is 2. The molecule has 0 spiro atoms. The molecule has 16 heavy (non-hydrogen) atoms. The van der Waals surface area contributed by atoms with Crippen LogP contribution in [0.4, 0.5) is 5.69 Å². The minimum Gasteiger partial charge on any atom is -0.398 e. The fraction of sp³-hybridized carbons (Fsp3) is 0.417. The maximum Gasteiger partial charge on any atom is 0.257 e. The molecule has 2 N–H and O–H groups in total. The van der Waals surface area contributed by atoms with Crippen LogP contribution >= 0.6 is 11.6 Å². The van der Waals surface area contributed by atoms with E-state index in [0.29, 0.717) is 16.3 Å². The molecule has 1 atom stereocenters. The first-order valence-corrected chi connectivity index (χ1v) is 5.84. The maximum atomic E-state index is 12.3. The van der Waals surface area contributed by atoms with Crippen molar-refractivity contribution in [3.8, 4) is 0 Å². The highest BCUT2D eigenvalue weighted by molar-refractivity contribution is 6.34. The van der Waals surface area contributed by atoms with Crippen LogP contribution < -0.4 is 5.73 Å². The van der Waals surface area contributed by atoms with Gasteiger partial charge in [-0.25, -0.2) is 0 Å². The van der Waals surface area contributed by atoms with E-state index >= 15 is 0 Å². The lowest BCUT2D eigenvalue weighted by Crippen LogP contribution is -2.34. The zero-order valence-corrected chi connectivity index (χ0v) is 10.00. The Morgan fingerprint density at radius 2 is 2.31 bits per heavy atom. The van der Waals surface area contributed by atoms with E-state index in [4.69, 9.17) is 17.3 Å². The number of amides is 1. The zero-order valence-electron chi connectivity index (χ0n) is 9.24. The van der Waals surface area contributed by atoms with Gasteiger partial charge in [-0.15, -0.1) is 0 Å². The molecule has 1 fully saturated rings. The standard InChI is InChI=1S/C12H15ClN2O/c1-8-4-3-7-15(8)12(16)11-9(13)5-2-6-10(11)14/h2,5-6,8H,3-4,7,14H2,1H3. The first-order chi connectivity index (χ1) is 7.61. The number of rotatable bonds is 1. The normalized spacial score (nSPS) is 20.1. The minimum atomic E-state index is -0.0481. The summed E-state index contributed by atoms with van der Waals surface area (Å²) in [5.41, 5.74) is 6.70. The molecule has 1 unspecified atom stereocenters. The Balaban J connectivity index is 2.33. The summed E-state index contributed by atoms with van der Waals surface area (Å²) >= 11 is 6.02. The van der Waals surface area contributed by atoms with Gasteiger partial charge in [-0.05, 0) is 31.9 Å². The van der Waals surface area contributed by atoms with Gasteiger partial charge in [-0.2, -0.15) is 0 Å². The van der Waals surface area contributed by atoms with Gasteiger partial charge in [0.1, 0.15) is 0 Å². The van der Waals surface area contributed by atoms with Crippen LogP contribution in [0.3, 0.4) is 0 Å². The Morgan fingerprint density at radius 3 is 2.88 bits per heavy atom. The number of carbonyl (C=O) groups excluding carboxylic acids is 1. The highest BCUT2D eigenvalue weighted by atomic mass is 35.5. The SMILES string of the molecule is CC1CCCN1C(=O)c1c(N)cccc1Cl. The van der Waals surface area contributed by atoms with Gasteiger partial charge in [0, 0.05) is 18.3 Å². The number of halogens is 1. The van der Waals surface area contributed by atoms with Crippen LogP contribution in [0.5, 0.6) is 0 Å². The lowest BCUT2D eigenvalue weighted by Gasteiger charge is -2.22. The second-order valence-electron chi connectivity index (χ2n) is 4.19. The summed E-state index contributed by atoms with van der Waals surface area (Å²) < 4.78 is 0. The molecule has 3 nitrogen and oxygen atoms in total. The number of hydrogen-bond donors (Lipinski definition) is 1. The Morgan fingerprint density at radius 1 is 1.56 bits per heavy atom. The number of benzene rings is 1. The predicted molar refractivity (Wildman–Crippen MR) is 65.6 cm³/mol. The van der Waals surface area contributed by atoms with E-state index in [1.54, 1.807) is 18.2 Å². The topological polar surface area (TPSA) is 46.3 Å². The van der Waals surface area contributed by atoms with E-state index in [-0.39, 0.29) is 11.9 Å². The van der Waals surface area contributed by atoms with Crippen molar-refractivity contribution >= 4 is 23.2 Å². The van der Waals surface area contributed by atoms with Gasteiger partial charge in [0.05, 0.1) is 10.6 Å². The molecule has 1 amide bonds. The van der Waals surface area contributed by atoms with Gasteiger partial charge < -0.3 is 10.6 Å². The monoisotopic (exact) mass is 238 g/mol. The average molecular weight is 239 g/mol. The molecule has 1 aliphatic rings. The summed E-state index contributed by atoms with van der Waals surface area (Å²) in [5.74, 6) is -0.0481. The molecular formula is C12H15ClN2O. The second-order valence-corrected chi connectivity index (χ2v) is 4.60. The summed E-state index contributed by atoms with van der Waals surface area (Å²) in [6.07, 6.45) is 2.10. The van der Waals surface area contributed by atoms with Gasteiger partial charge in [-0.3, -0.25) is 4.79 Å². The van der Waals surface area contributed by atoms with E-state index < -0.39 is 0 Å². The Kier molecular flexibility index (Phi) is 3.06. The van der Waals surface area contributed by atoms with E-state index in [1.165, 1.54) is 0 Å². The molecule has 2 rings (SSSR count). The number of carbonyl (C=O) groups is 1. The number of nitrogens with zero attached hydrogens (tertiary/aromatic N) is 1. The lowest BCUT2D eigenvalue weighted by molar-refractivity contribution is 0.0748.